The van der Waals surface area contributed by atoms with E-state index in [0.29, 0.717) is 18.9 Å². The van der Waals surface area contributed by atoms with Crippen molar-refractivity contribution in [1.29, 1.82) is 0 Å². The molecule has 1 aliphatic heterocycles. The summed E-state index contributed by atoms with van der Waals surface area (Å²) >= 11 is 0. The number of halogens is 3. The van der Waals surface area contributed by atoms with Crippen LogP contribution in [0.25, 0.3) is 0 Å². The first-order valence-electron chi connectivity index (χ1n) is 12.5. The Hall–Kier alpha value is -3.40. The maximum Gasteiger partial charge on any atom is 0.491 e. The molecule has 1 saturated heterocycles. The standard InChI is InChI=1S/C27H28F3N3O4/c28-27(29,30)26(36)37-23-12-18(21-13-22(21)31-14-16-3-4-16)7-10-20(23)25(35)32-15-17-5-8-19(9-6-17)33-11-1-2-24(33)34/h5-10,12,16,21-22,31H,1-4,11,13-15H2,(H,32,35). The molecule has 1 heterocycles. The number of alkyl halides is 3. The molecule has 2 amide bonds. The highest BCUT2D eigenvalue weighted by Gasteiger charge is 2.43. The molecule has 196 valence electrons. The van der Waals surface area contributed by atoms with E-state index in [1.54, 1.807) is 35.2 Å². The fraction of sp³-hybridized carbons (Fsp3) is 0.444. The quantitative estimate of drug-likeness (QED) is 0.389. The fourth-order valence-electron chi connectivity index (χ4n) is 4.62. The molecule has 3 aliphatic rings. The molecule has 2 aromatic carbocycles. The Kier molecular flexibility index (Phi) is 6.94. The number of anilines is 1. The van der Waals surface area contributed by atoms with Crippen LogP contribution in [0, 0.1) is 5.92 Å². The average molecular weight is 516 g/mol. The van der Waals surface area contributed by atoms with Crippen LogP contribution in [0.3, 0.4) is 0 Å². The molecule has 37 heavy (non-hydrogen) atoms. The average Bonchev–Trinajstić information content (AvgIpc) is 3.79. The van der Waals surface area contributed by atoms with Crippen molar-refractivity contribution in [2.45, 2.75) is 56.8 Å². The van der Waals surface area contributed by atoms with Gasteiger partial charge in [0, 0.05) is 37.2 Å². The van der Waals surface area contributed by atoms with Gasteiger partial charge >= 0.3 is 12.1 Å². The number of hydrogen-bond acceptors (Lipinski definition) is 5. The van der Waals surface area contributed by atoms with Gasteiger partial charge in [-0.25, -0.2) is 4.79 Å². The minimum absolute atomic E-state index is 0.0710. The largest absolute Gasteiger partial charge is 0.491 e. The molecule has 2 aliphatic carbocycles. The summed E-state index contributed by atoms with van der Waals surface area (Å²) in [6.45, 7) is 1.70. The lowest BCUT2D eigenvalue weighted by molar-refractivity contribution is -0.189. The predicted molar refractivity (Wildman–Crippen MR) is 129 cm³/mol. The van der Waals surface area contributed by atoms with E-state index in [9.17, 15) is 27.6 Å². The van der Waals surface area contributed by atoms with Crippen molar-refractivity contribution in [3.05, 3.63) is 59.2 Å². The summed E-state index contributed by atoms with van der Waals surface area (Å²) in [4.78, 5) is 38.1. The van der Waals surface area contributed by atoms with Crippen LogP contribution in [0.2, 0.25) is 0 Å². The van der Waals surface area contributed by atoms with Gasteiger partial charge in [-0.2, -0.15) is 13.2 Å². The van der Waals surface area contributed by atoms with Crippen LogP contribution in [0.1, 0.15) is 59.5 Å². The Morgan fingerprint density at radius 3 is 2.49 bits per heavy atom. The molecule has 2 unspecified atom stereocenters. The van der Waals surface area contributed by atoms with Gasteiger partial charge in [-0.1, -0.05) is 18.2 Å². The van der Waals surface area contributed by atoms with Crippen molar-refractivity contribution in [3.8, 4) is 5.75 Å². The molecule has 10 heteroatoms. The minimum Gasteiger partial charge on any atom is -0.419 e. The molecular formula is C27H28F3N3O4. The smallest absolute Gasteiger partial charge is 0.419 e. The van der Waals surface area contributed by atoms with E-state index in [1.165, 1.54) is 25.0 Å². The van der Waals surface area contributed by atoms with Crippen molar-refractivity contribution in [1.82, 2.24) is 10.6 Å². The van der Waals surface area contributed by atoms with Gasteiger partial charge in [0.25, 0.3) is 5.91 Å². The van der Waals surface area contributed by atoms with E-state index in [-0.39, 0.29) is 30.0 Å². The number of benzene rings is 2. The lowest BCUT2D eigenvalue weighted by Crippen LogP contribution is -2.30. The Morgan fingerprint density at radius 1 is 1.08 bits per heavy atom. The molecule has 2 aromatic rings. The van der Waals surface area contributed by atoms with E-state index in [0.717, 1.165) is 36.2 Å². The first-order valence-corrected chi connectivity index (χ1v) is 12.5. The van der Waals surface area contributed by atoms with Crippen molar-refractivity contribution < 1.29 is 32.3 Å². The summed E-state index contributed by atoms with van der Waals surface area (Å²) in [5.74, 6) is -2.57. The third kappa shape index (κ3) is 6.12. The number of amides is 2. The van der Waals surface area contributed by atoms with Gasteiger partial charge in [0.15, 0.2) is 0 Å². The Bertz CT molecular complexity index is 1190. The van der Waals surface area contributed by atoms with E-state index in [2.05, 4.69) is 15.4 Å². The van der Waals surface area contributed by atoms with Crippen LogP contribution in [-0.4, -0.2) is 43.1 Å². The van der Waals surface area contributed by atoms with Gasteiger partial charge in [-0.3, -0.25) is 9.59 Å². The fourth-order valence-corrected chi connectivity index (χ4v) is 4.62. The molecule has 7 nitrogen and oxygen atoms in total. The lowest BCUT2D eigenvalue weighted by Gasteiger charge is -2.16. The number of rotatable bonds is 9. The van der Waals surface area contributed by atoms with E-state index in [1.807, 2.05) is 0 Å². The van der Waals surface area contributed by atoms with Crippen LogP contribution in [0.15, 0.2) is 42.5 Å². The second kappa shape index (κ2) is 10.2. The third-order valence-electron chi connectivity index (χ3n) is 7.04. The summed E-state index contributed by atoms with van der Waals surface area (Å²) in [6.07, 6.45) is -0.576. The number of nitrogens with one attached hydrogen (secondary N) is 2. The molecule has 2 saturated carbocycles. The highest BCUT2D eigenvalue weighted by Crippen LogP contribution is 2.43. The topological polar surface area (TPSA) is 87.7 Å². The number of esters is 1. The van der Waals surface area contributed by atoms with Gasteiger partial charge < -0.3 is 20.3 Å². The Balaban J connectivity index is 1.26. The molecule has 0 aromatic heterocycles. The number of nitrogens with zero attached hydrogens (tertiary/aromatic N) is 1. The summed E-state index contributed by atoms with van der Waals surface area (Å²) in [5, 5.41) is 6.14. The van der Waals surface area contributed by atoms with Crippen molar-refractivity contribution >= 4 is 23.5 Å². The van der Waals surface area contributed by atoms with Gasteiger partial charge in [0.1, 0.15) is 5.75 Å². The molecule has 2 N–H and O–H groups in total. The van der Waals surface area contributed by atoms with Gasteiger partial charge in [-0.05, 0) is 73.5 Å². The summed E-state index contributed by atoms with van der Waals surface area (Å²) in [5.41, 5.74) is 2.10. The monoisotopic (exact) mass is 515 g/mol. The number of carbonyl (C=O) groups is 3. The lowest BCUT2D eigenvalue weighted by atomic mass is 10.1. The summed E-state index contributed by atoms with van der Waals surface area (Å²) < 4.78 is 43.4. The zero-order chi connectivity index (χ0) is 26.2. The first-order chi connectivity index (χ1) is 17.7. The van der Waals surface area contributed by atoms with Crippen molar-refractivity contribution in [2.24, 2.45) is 5.92 Å². The third-order valence-corrected chi connectivity index (χ3v) is 7.04. The van der Waals surface area contributed by atoms with Crippen LogP contribution in [-0.2, 0) is 16.1 Å². The van der Waals surface area contributed by atoms with Crippen molar-refractivity contribution in [2.75, 3.05) is 18.0 Å². The first kappa shape index (κ1) is 25.3. The maximum absolute atomic E-state index is 12.9. The van der Waals surface area contributed by atoms with Gasteiger partial charge in [0.05, 0.1) is 5.56 Å². The highest BCUT2D eigenvalue weighted by molar-refractivity contribution is 5.98. The van der Waals surface area contributed by atoms with Crippen LogP contribution in [0.4, 0.5) is 18.9 Å². The zero-order valence-electron chi connectivity index (χ0n) is 20.1. The van der Waals surface area contributed by atoms with Gasteiger partial charge in [0.2, 0.25) is 5.91 Å². The second-order valence-corrected chi connectivity index (χ2v) is 9.94. The zero-order valence-corrected chi connectivity index (χ0v) is 20.1. The predicted octanol–water partition coefficient (Wildman–Crippen LogP) is 4.07. The van der Waals surface area contributed by atoms with Crippen LogP contribution < -0.4 is 20.3 Å². The van der Waals surface area contributed by atoms with E-state index < -0.39 is 23.8 Å². The number of carbonyl (C=O) groups excluding carboxylic acids is 3. The van der Waals surface area contributed by atoms with E-state index >= 15 is 0 Å². The summed E-state index contributed by atoms with van der Waals surface area (Å²) in [6, 6.07) is 11.8. The number of ether oxygens (including phenoxy) is 1. The van der Waals surface area contributed by atoms with Crippen LogP contribution >= 0.6 is 0 Å². The maximum atomic E-state index is 12.9. The minimum atomic E-state index is -5.18. The SMILES string of the molecule is O=C(NCc1ccc(N2CCCC2=O)cc1)c1ccc(C2CC2NCC2CC2)cc1OC(=O)C(F)(F)F. The molecule has 5 rings (SSSR count). The van der Waals surface area contributed by atoms with E-state index in [4.69, 9.17) is 0 Å². The normalized spacial score (nSPS) is 21.2. The highest BCUT2D eigenvalue weighted by atomic mass is 19.4. The molecule has 2 atom stereocenters. The van der Waals surface area contributed by atoms with Crippen LogP contribution in [0.5, 0.6) is 5.75 Å². The Labute approximate surface area is 212 Å². The molecule has 0 radical (unpaired) electrons. The number of hydrogen-bond donors (Lipinski definition) is 2. The summed E-state index contributed by atoms with van der Waals surface area (Å²) in [7, 11) is 0. The molecule has 0 spiro atoms. The molecule has 0 bridgehead atoms. The molecule has 3 fully saturated rings. The van der Waals surface area contributed by atoms with Gasteiger partial charge in [-0.15, -0.1) is 0 Å². The van der Waals surface area contributed by atoms with Crippen molar-refractivity contribution in [3.63, 3.8) is 0 Å². The molecular weight excluding hydrogens is 487 g/mol. The Morgan fingerprint density at radius 2 is 1.84 bits per heavy atom. The second-order valence-electron chi connectivity index (χ2n) is 9.94.